The van der Waals surface area contributed by atoms with E-state index in [-0.39, 0.29) is 18.7 Å². The Hall–Kier alpha value is -3.55. The van der Waals surface area contributed by atoms with E-state index < -0.39 is 0 Å². The second-order valence-corrected chi connectivity index (χ2v) is 8.12. The Balaban J connectivity index is 1.15. The molecule has 0 radical (unpaired) electrons. The fourth-order valence-corrected chi connectivity index (χ4v) is 4.15. The zero-order valence-electron chi connectivity index (χ0n) is 17.8. The van der Waals surface area contributed by atoms with Crippen LogP contribution in [0, 0.1) is 0 Å². The Bertz CT molecular complexity index is 1070. The molecule has 1 unspecified atom stereocenters. The van der Waals surface area contributed by atoms with Crippen molar-refractivity contribution in [3.8, 4) is 23.0 Å². The standard InChI is InChI=1S/C24H26N4O4/c29-24(25-12-4-8-17-6-2-1-3-7-17)28-13-5-9-19(15-28)23-27-26-22(32-23)18-10-11-20-21(14-18)31-16-30-20/h1-3,6-7,10-11,14,19H,4-5,8-9,12-13,15-16H2,(H,25,29). The van der Waals surface area contributed by atoms with Crippen LogP contribution in [0.4, 0.5) is 4.79 Å². The third-order valence-electron chi connectivity index (χ3n) is 5.88. The molecule has 1 atom stereocenters. The molecule has 1 aromatic heterocycles. The van der Waals surface area contributed by atoms with Crippen molar-refractivity contribution in [3.05, 3.63) is 60.0 Å². The number of aryl methyl sites for hydroxylation is 1. The van der Waals surface area contributed by atoms with Gasteiger partial charge in [-0.15, -0.1) is 10.2 Å². The summed E-state index contributed by atoms with van der Waals surface area (Å²) in [4.78, 5) is 14.5. The van der Waals surface area contributed by atoms with Crippen LogP contribution < -0.4 is 14.8 Å². The monoisotopic (exact) mass is 434 g/mol. The summed E-state index contributed by atoms with van der Waals surface area (Å²) in [7, 11) is 0. The van der Waals surface area contributed by atoms with E-state index in [4.69, 9.17) is 13.9 Å². The summed E-state index contributed by atoms with van der Waals surface area (Å²) in [6.07, 6.45) is 3.69. The average Bonchev–Trinajstić information content (AvgIpc) is 3.52. The number of aromatic nitrogens is 2. The summed E-state index contributed by atoms with van der Waals surface area (Å²) in [5.41, 5.74) is 2.08. The lowest BCUT2D eigenvalue weighted by Gasteiger charge is -2.31. The number of carbonyl (C=O) groups excluding carboxylic acids is 1. The highest BCUT2D eigenvalue weighted by atomic mass is 16.7. The van der Waals surface area contributed by atoms with Crippen LogP contribution >= 0.6 is 0 Å². The highest BCUT2D eigenvalue weighted by Crippen LogP contribution is 2.36. The minimum absolute atomic E-state index is 0.0294. The maximum atomic E-state index is 12.6. The summed E-state index contributed by atoms with van der Waals surface area (Å²) in [5.74, 6) is 2.44. The molecule has 5 rings (SSSR count). The van der Waals surface area contributed by atoms with Crippen LogP contribution in [0.5, 0.6) is 11.5 Å². The molecule has 166 valence electrons. The lowest BCUT2D eigenvalue weighted by atomic mass is 9.98. The minimum Gasteiger partial charge on any atom is -0.454 e. The Morgan fingerprint density at radius 3 is 2.88 bits per heavy atom. The summed E-state index contributed by atoms with van der Waals surface area (Å²) < 4.78 is 16.7. The van der Waals surface area contributed by atoms with E-state index in [1.807, 2.05) is 41.3 Å². The van der Waals surface area contributed by atoms with Crippen LogP contribution in [0.2, 0.25) is 0 Å². The van der Waals surface area contributed by atoms with Gasteiger partial charge in [0.1, 0.15) is 0 Å². The lowest BCUT2D eigenvalue weighted by Crippen LogP contribution is -2.45. The molecule has 8 nitrogen and oxygen atoms in total. The van der Waals surface area contributed by atoms with Gasteiger partial charge in [-0.25, -0.2) is 4.79 Å². The SMILES string of the molecule is O=C(NCCCc1ccccc1)N1CCCC(c2nnc(-c3ccc4c(c3)OCO4)o2)C1. The number of amides is 2. The molecule has 2 aliphatic heterocycles. The molecule has 0 saturated carbocycles. The topological polar surface area (TPSA) is 89.7 Å². The van der Waals surface area contributed by atoms with E-state index in [1.165, 1.54) is 5.56 Å². The molecule has 0 aliphatic carbocycles. The van der Waals surface area contributed by atoms with E-state index in [1.54, 1.807) is 0 Å². The molecule has 3 aromatic rings. The van der Waals surface area contributed by atoms with Crippen molar-refractivity contribution in [1.82, 2.24) is 20.4 Å². The van der Waals surface area contributed by atoms with Crippen molar-refractivity contribution < 1.29 is 18.7 Å². The molecule has 2 aromatic carbocycles. The number of urea groups is 1. The summed E-state index contributed by atoms with van der Waals surface area (Å²) in [6.45, 7) is 2.20. The van der Waals surface area contributed by atoms with E-state index in [9.17, 15) is 4.79 Å². The molecule has 1 fully saturated rings. The highest BCUT2D eigenvalue weighted by Gasteiger charge is 2.28. The number of benzene rings is 2. The van der Waals surface area contributed by atoms with Gasteiger partial charge in [-0.1, -0.05) is 30.3 Å². The molecule has 0 bridgehead atoms. The van der Waals surface area contributed by atoms with Crippen molar-refractivity contribution in [3.63, 3.8) is 0 Å². The third kappa shape index (κ3) is 4.54. The number of ether oxygens (including phenoxy) is 2. The molecule has 2 aliphatic rings. The Morgan fingerprint density at radius 2 is 1.97 bits per heavy atom. The first-order chi connectivity index (χ1) is 15.8. The van der Waals surface area contributed by atoms with Crippen LogP contribution in [0.3, 0.4) is 0 Å². The number of piperidine rings is 1. The van der Waals surface area contributed by atoms with Gasteiger partial charge < -0.3 is 24.1 Å². The van der Waals surface area contributed by atoms with Gasteiger partial charge in [-0.2, -0.15) is 0 Å². The van der Waals surface area contributed by atoms with Gasteiger partial charge >= 0.3 is 6.03 Å². The smallest absolute Gasteiger partial charge is 0.317 e. The van der Waals surface area contributed by atoms with Gasteiger partial charge in [0.15, 0.2) is 11.5 Å². The Kier molecular flexibility index (Phi) is 5.91. The van der Waals surface area contributed by atoms with Gasteiger partial charge in [0.25, 0.3) is 0 Å². The van der Waals surface area contributed by atoms with Gasteiger partial charge in [0.05, 0.1) is 5.92 Å². The average molecular weight is 434 g/mol. The first-order valence-corrected chi connectivity index (χ1v) is 11.1. The second-order valence-electron chi connectivity index (χ2n) is 8.12. The zero-order chi connectivity index (χ0) is 21.8. The number of nitrogens with one attached hydrogen (secondary N) is 1. The lowest BCUT2D eigenvalue weighted by molar-refractivity contribution is 0.173. The number of carbonyl (C=O) groups is 1. The van der Waals surface area contributed by atoms with Crippen molar-refractivity contribution in [2.75, 3.05) is 26.4 Å². The number of rotatable bonds is 6. The van der Waals surface area contributed by atoms with E-state index in [2.05, 4.69) is 27.6 Å². The van der Waals surface area contributed by atoms with Gasteiger partial charge in [0.2, 0.25) is 18.6 Å². The number of likely N-dealkylation sites (tertiary alicyclic amines) is 1. The van der Waals surface area contributed by atoms with Gasteiger partial charge in [0, 0.05) is 25.2 Å². The van der Waals surface area contributed by atoms with Crippen LogP contribution in [0.15, 0.2) is 52.9 Å². The van der Waals surface area contributed by atoms with Gasteiger partial charge in [-0.3, -0.25) is 0 Å². The summed E-state index contributed by atoms with van der Waals surface area (Å²) >= 11 is 0. The Labute approximate surface area is 186 Å². The zero-order valence-corrected chi connectivity index (χ0v) is 17.8. The fraction of sp³-hybridized carbons (Fsp3) is 0.375. The molecule has 1 N–H and O–H groups in total. The fourth-order valence-electron chi connectivity index (χ4n) is 4.15. The summed E-state index contributed by atoms with van der Waals surface area (Å²) in [6, 6.07) is 15.8. The molecular formula is C24H26N4O4. The highest BCUT2D eigenvalue weighted by molar-refractivity contribution is 5.74. The van der Waals surface area contributed by atoms with Crippen molar-refractivity contribution in [2.24, 2.45) is 0 Å². The van der Waals surface area contributed by atoms with Crippen LogP contribution in [0.1, 0.15) is 36.6 Å². The van der Waals surface area contributed by atoms with Crippen molar-refractivity contribution in [1.29, 1.82) is 0 Å². The number of hydrogen-bond acceptors (Lipinski definition) is 6. The maximum absolute atomic E-state index is 12.6. The molecular weight excluding hydrogens is 408 g/mol. The second kappa shape index (κ2) is 9.30. The predicted molar refractivity (Wildman–Crippen MR) is 118 cm³/mol. The molecule has 0 spiro atoms. The molecule has 32 heavy (non-hydrogen) atoms. The van der Waals surface area contributed by atoms with Crippen molar-refractivity contribution in [2.45, 2.75) is 31.6 Å². The number of hydrogen-bond donors (Lipinski definition) is 1. The van der Waals surface area contributed by atoms with E-state index in [0.29, 0.717) is 36.4 Å². The molecule has 8 heteroatoms. The minimum atomic E-state index is -0.0294. The maximum Gasteiger partial charge on any atom is 0.317 e. The molecule has 3 heterocycles. The van der Waals surface area contributed by atoms with E-state index in [0.717, 1.165) is 37.8 Å². The predicted octanol–water partition coefficient (Wildman–Crippen LogP) is 3.99. The van der Waals surface area contributed by atoms with Crippen LogP contribution in [-0.4, -0.2) is 47.6 Å². The first kappa shape index (κ1) is 20.4. The van der Waals surface area contributed by atoms with Gasteiger partial charge in [-0.05, 0) is 49.4 Å². The number of fused-ring (bicyclic) bond motifs is 1. The quantitative estimate of drug-likeness (QED) is 0.590. The largest absolute Gasteiger partial charge is 0.454 e. The molecule has 1 saturated heterocycles. The van der Waals surface area contributed by atoms with Crippen molar-refractivity contribution >= 4 is 6.03 Å². The molecule has 2 amide bonds. The first-order valence-electron chi connectivity index (χ1n) is 11.1. The van der Waals surface area contributed by atoms with E-state index >= 15 is 0 Å². The van der Waals surface area contributed by atoms with Crippen LogP contribution in [0.25, 0.3) is 11.5 Å². The summed E-state index contributed by atoms with van der Waals surface area (Å²) in [5, 5.41) is 11.5. The normalized spacial score (nSPS) is 17.4. The van der Waals surface area contributed by atoms with Crippen LogP contribution in [-0.2, 0) is 6.42 Å². The third-order valence-corrected chi connectivity index (χ3v) is 5.88. The number of nitrogens with zero attached hydrogens (tertiary/aromatic N) is 3. The Morgan fingerprint density at radius 1 is 1.09 bits per heavy atom.